The number of furan rings is 1. The van der Waals surface area contributed by atoms with Gasteiger partial charge in [0.1, 0.15) is 12.4 Å². The molecule has 0 radical (unpaired) electrons. The van der Waals surface area contributed by atoms with Crippen LogP contribution in [0, 0.1) is 0 Å². The first-order chi connectivity index (χ1) is 9.15. The van der Waals surface area contributed by atoms with Gasteiger partial charge in [0.05, 0.1) is 18.2 Å². The van der Waals surface area contributed by atoms with E-state index in [0.29, 0.717) is 22.4 Å². The zero-order valence-corrected chi connectivity index (χ0v) is 9.88. The van der Waals surface area contributed by atoms with Crippen LogP contribution in [-0.4, -0.2) is 16.9 Å². The molecule has 19 heavy (non-hydrogen) atoms. The number of fused-ring (bicyclic) bond motifs is 2. The van der Waals surface area contributed by atoms with Crippen molar-refractivity contribution in [1.82, 2.24) is 0 Å². The maximum absolute atomic E-state index is 12.3. The molecule has 5 heteroatoms. The van der Waals surface area contributed by atoms with Crippen LogP contribution in [-0.2, 0) is 17.8 Å². The summed E-state index contributed by atoms with van der Waals surface area (Å²) >= 11 is 0. The van der Waals surface area contributed by atoms with Gasteiger partial charge in [-0.1, -0.05) is 6.07 Å². The summed E-state index contributed by atoms with van der Waals surface area (Å²) in [5.74, 6) is -0.517. The Morgan fingerprint density at radius 1 is 1.32 bits per heavy atom. The van der Waals surface area contributed by atoms with Crippen LogP contribution >= 0.6 is 0 Å². The first kappa shape index (κ1) is 11.5. The minimum atomic E-state index is -0.944. The van der Waals surface area contributed by atoms with Crippen LogP contribution in [0.3, 0.4) is 0 Å². The molecule has 0 fully saturated rings. The highest BCUT2D eigenvalue weighted by atomic mass is 16.5. The molecule has 3 rings (SSSR count). The van der Waals surface area contributed by atoms with Gasteiger partial charge in [-0.15, -0.1) is 0 Å². The Kier molecular flexibility index (Phi) is 2.59. The molecular formula is C14H10O5. The summed E-state index contributed by atoms with van der Waals surface area (Å²) in [5, 5.41) is 8.78. The van der Waals surface area contributed by atoms with Crippen LogP contribution in [0.25, 0.3) is 0 Å². The average Bonchev–Trinajstić information content (AvgIpc) is 2.79. The predicted molar refractivity (Wildman–Crippen MR) is 64.3 cm³/mol. The second kappa shape index (κ2) is 4.28. The summed E-state index contributed by atoms with van der Waals surface area (Å²) < 4.78 is 10.7. The van der Waals surface area contributed by atoms with Gasteiger partial charge in [-0.05, 0) is 23.8 Å². The SMILES string of the molecule is O=C(O)Cc1ccc2c(c1)C(=O)c1occc1CO2. The largest absolute Gasteiger partial charge is 0.488 e. The molecule has 1 aromatic carbocycles. The molecule has 0 atom stereocenters. The number of rotatable bonds is 2. The van der Waals surface area contributed by atoms with Gasteiger partial charge < -0.3 is 14.3 Å². The van der Waals surface area contributed by atoms with Crippen LogP contribution in [0.15, 0.2) is 34.9 Å². The third-order valence-electron chi connectivity index (χ3n) is 2.98. The minimum Gasteiger partial charge on any atom is -0.488 e. The highest BCUT2D eigenvalue weighted by molar-refractivity contribution is 6.10. The lowest BCUT2D eigenvalue weighted by Crippen LogP contribution is -2.04. The van der Waals surface area contributed by atoms with Crippen LogP contribution in [0.5, 0.6) is 5.75 Å². The van der Waals surface area contributed by atoms with E-state index in [0.717, 1.165) is 0 Å². The molecule has 1 aromatic heterocycles. The van der Waals surface area contributed by atoms with Crippen molar-refractivity contribution in [2.24, 2.45) is 0 Å². The summed E-state index contributed by atoms with van der Waals surface area (Å²) in [6, 6.07) is 6.51. The number of benzene rings is 1. The van der Waals surface area contributed by atoms with Crippen LogP contribution in [0.2, 0.25) is 0 Å². The standard InChI is InChI=1S/C14H10O5/c15-12(16)6-8-1-2-11-10(5-8)13(17)14-9(7-19-11)3-4-18-14/h1-5H,6-7H2,(H,15,16). The van der Waals surface area contributed by atoms with Crippen molar-refractivity contribution in [3.8, 4) is 5.75 Å². The zero-order chi connectivity index (χ0) is 13.4. The predicted octanol–water partition coefficient (Wildman–Crippen LogP) is 2.03. The van der Waals surface area contributed by atoms with Crippen molar-refractivity contribution in [3.05, 3.63) is 53.0 Å². The molecule has 0 amide bonds. The van der Waals surface area contributed by atoms with E-state index in [4.69, 9.17) is 14.3 Å². The fraction of sp³-hybridized carbons (Fsp3) is 0.143. The molecule has 1 aliphatic rings. The van der Waals surface area contributed by atoms with Crippen molar-refractivity contribution in [2.75, 3.05) is 0 Å². The number of ether oxygens (including phenoxy) is 1. The molecule has 1 N–H and O–H groups in total. The van der Waals surface area contributed by atoms with Crippen molar-refractivity contribution < 1.29 is 23.8 Å². The summed E-state index contributed by atoms with van der Waals surface area (Å²) in [7, 11) is 0. The summed E-state index contributed by atoms with van der Waals surface area (Å²) in [6.07, 6.45) is 1.31. The summed E-state index contributed by atoms with van der Waals surface area (Å²) in [6.45, 7) is 0.267. The van der Waals surface area contributed by atoms with Crippen LogP contribution in [0.4, 0.5) is 0 Å². The molecular weight excluding hydrogens is 248 g/mol. The topological polar surface area (TPSA) is 76.7 Å². The number of carbonyl (C=O) groups is 2. The number of carboxylic acid groups (broad SMARTS) is 1. The molecule has 0 saturated carbocycles. The Labute approximate surface area is 108 Å². The Hall–Kier alpha value is -2.56. The molecule has 0 unspecified atom stereocenters. The summed E-state index contributed by atoms with van der Waals surface area (Å²) in [5.41, 5.74) is 1.59. The van der Waals surface area contributed by atoms with E-state index < -0.39 is 5.97 Å². The Bertz CT molecular complexity index is 668. The van der Waals surface area contributed by atoms with Gasteiger partial charge >= 0.3 is 5.97 Å². The molecule has 0 bridgehead atoms. The van der Waals surface area contributed by atoms with E-state index in [1.165, 1.54) is 6.26 Å². The number of aliphatic carboxylic acids is 1. The summed E-state index contributed by atoms with van der Waals surface area (Å²) in [4.78, 5) is 23.0. The molecule has 2 heterocycles. The van der Waals surface area contributed by atoms with Gasteiger partial charge in [0.25, 0.3) is 0 Å². The number of carboxylic acids is 1. The first-order valence-corrected chi connectivity index (χ1v) is 5.74. The van der Waals surface area contributed by atoms with Gasteiger partial charge in [0.15, 0.2) is 5.76 Å². The first-order valence-electron chi connectivity index (χ1n) is 5.74. The molecule has 0 aliphatic carbocycles. The molecule has 0 spiro atoms. The fourth-order valence-electron chi connectivity index (χ4n) is 2.09. The minimum absolute atomic E-state index is 0.133. The van der Waals surface area contributed by atoms with Crippen LogP contribution < -0.4 is 4.74 Å². The van der Waals surface area contributed by atoms with E-state index in [1.54, 1.807) is 24.3 Å². The van der Waals surface area contributed by atoms with Crippen molar-refractivity contribution in [2.45, 2.75) is 13.0 Å². The van der Waals surface area contributed by atoms with E-state index in [1.807, 2.05) is 0 Å². The third-order valence-corrected chi connectivity index (χ3v) is 2.98. The van der Waals surface area contributed by atoms with E-state index >= 15 is 0 Å². The Balaban J connectivity index is 2.07. The lowest BCUT2D eigenvalue weighted by molar-refractivity contribution is -0.136. The lowest BCUT2D eigenvalue weighted by Gasteiger charge is -2.07. The van der Waals surface area contributed by atoms with Crippen molar-refractivity contribution >= 4 is 11.8 Å². The molecule has 2 aromatic rings. The highest BCUT2D eigenvalue weighted by Crippen LogP contribution is 2.29. The van der Waals surface area contributed by atoms with Gasteiger partial charge in [0.2, 0.25) is 5.78 Å². The Morgan fingerprint density at radius 2 is 2.16 bits per heavy atom. The van der Waals surface area contributed by atoms with Crippen molar-refractivity contribution in [1.29, 1.82) is 0 Å². The number of hydrogen-bond donors (Lipinski definition) is 1. The average molecular weight is 258 g/mol. The Morgan fingerprint density at radius 3 is 2.95 bits per heavy atom. The molecule has 1 aliphatic heterocycles. The molecule has 5 nitrogen and oxygen atoms in total. The smallest absolute Gasteiger partial charge is 0.307 e. The zero-order valence-electron chi connectivity index (χ0n) is 9.88. The van der Waals surface area contributed by atoms with Crippen LogP contribution in [0.1, 0.15) is 27.2 Å². The van der Waals surface area contributed by atoms with E-state index in [-0.39, 0.29) is 24.6 Å². The van der Waals surface area contributed by atoms with E-state index in [9.17, 15) is 9.59 Å². The third kappa shape index (κ3) is 1.99. The van der Waals surface area contributed by atoms with Gasteiger partial charge in [-0.3, -0.25) is 9.59 Å². The maximum atomic E-state index is 12.3. The van der Waals surface area contributed by atoms with Gasteiger partial charge in [0, 0.05) is 5.56 Å². The van der Waals surface area contributed by atoms with Crippen molar-refractivity contribution in [3.63, 3.8) is 0 Å². The highest BCUT2D eigenvalue weighted by Gasteiger charge is 2.25. The maximum Gasteiger partial charge on any atom is 0.307 e. The number of hydrogen-bond acceptors (Lipinski definition) is 4. The second-order valence-electron chi connectivity index (χ2n) is 4.29. The molecule has 0 saturated heterocycles. The van der Waals surface area contributed by atoms with Gasteiger partial charge in [-0.2, -0.15) is 0 Å². The quantitative estimate of drug-likeness (QED) is 0.891. The lowest BCUT2D eigenvalue weighted by atomic mass is 10.0. The number of ketones is 1. The van der Waals surface area contributed by atoms with Gasteiger partial charge in [-0.25, -0.2) is 0 Å². The molecule has 96 valence electrons. The van der Waals surface area contributed by atoms with E-state index in [2.05, 4.69) is 0 Å². The second-order valence-corrected chi connectivity index (χ2v) is 4.29. The fourth-order valence-corrected chi connectivity index (χ4v) is 2.09. The number of carbonyl (C=O) groups excluding carboxylic acids is 1. The normalized spacial score (nSPS) is 13.2. The monoisotopic (exact) mass is 258 g/mol.